The Labute approximate surface area is 101 Å². The molecule has 2 aliphatic rings. The van der Waals surface area contributed by atoms with Crippen LogP contribution >= 0.6 is 0 Å². The predicted molar refractivity (Wildman–Crippen MR) is 63.5 cm³/mol. The molecule has 3 nitrogen and oxygen atoms in total. The summed E-state index contributed by atoms with van der Waals surface area (Å²) >= 11 is 0. The molecule has 1 aromatic carbocycles. The average molecular weight is 232 g/mol. The van der Waals surface area contributed by atoms with Gasteiger partial charge in [0, 0.05) is 17.4 Å². The molecule has 1 aliphatic heterocycles. The minimum atomic E-state index is 0.142. The van der Waals surface area contributed by atoms with Gasteiger partial charge >= 0.3 is 0 Å². The van der Waals surface area contributed by atoms with Crippen molar-refractivity contribution in [3.05, 3.63) is 29.3 Å². The summed E-state index contributed by atoms with van der Waals surface area (Å²) in [6, 6.07) is 5.85. The molecule has 0 radical (unpaired) electrons. The van der Waals surface area contributed by atoms with Crippen molar-refractivity contribution in [1.29, 1.82) is 0 Å². The first-order chi connectivity index (χ1) is 8.16. The lowest BCUT2D eigenvalue weighted by molar-refractivity contribution is -0.120. The molecule has 0 atom stereocenters. The Bertz CT molecular complexity index is 461. The lowest BCUT2D eigenvalue weighted by Crippen LogP contribution is -2.44. The minimum Gasteiger partial charge on any atom is -0.493 e. The van der Waals surface area contributed by atoms with Crippen molar-refractivity contribution in [2.24, 2.45) is 5.41 Å². The smallest absolute Gasteiger partial charge is 0.163 e. The quantitative estimate of drug-likeness (QED) is 0.801. The number of hydrogen-bond acceptors (Lipinski definition) is 3. The number of ketones is 1. The van der Waals surface area contributed by atoms with Gasteiger partial charge in [-0.2, -0.15) is 0 Å². The summed E-state index contributed by atoms with van der Waals surface area (Å²) in [5.74, 6) is 1.04. The summed E-state index contributed by atoms with van der Waals surface area (Å²) in [6.45, 7) is 4.32. The molecule has 0 bridgehead atoms. The van der Waals surface area contributed by atoms with Gasteiger partial charge in [-0.05, 0) is 24.1 Å². The maximum Gasteiger partial charge on any atom is 0.163 e. The van der Waals surface area contributed by atoms with Gasteiger partial charge in [-0.1, -0.05) is 13.0 Å². The molecule has 1 heterocycles. The van der Waals surface area contributed by atoms with Crippen LogP contribution in [0.15, 0.2) is 18.2 Å². The first-order valence-electron chi connectivity index (χ1n) is 6.03. The molecule has 0 N–H and O–H groups in total. The van der Waals surface area contributed by atoms with Gasteiger partial charge in [0.1, 0.15) is 5.75 Å². The van der Waals surface area contributed by atoms with E-state index in [9.17, 15) is 4.79 Å². The molecule has 0 unspecified atom stereocenters. The zero-order chi connectivity index (χ0) is 11.9. The van der Waals surface area contributed by atoms with Gasteiger partial charge in [0.2, 0.25) is 0 Å². The Morgan fingerprint density at radius 3 is 2.88 bits per heavy atom. The molecule has 3 heteroatoms. The van der Waals surface area contributed by atoms with Gasteiger partial charge < -0.3 is 9.47 Å². The highest BCUT2D eigenvalue weighted by Crippen LogP contribution is 2.30. The number of fused-ring (bicyclic) bond motifs is 1. The molecule has 0 spiro atoms. The molecule has 1 aliphatic carbocycles. The molecule has 1 saturated heterocycles. The SMILES string of the molecule is CC1(COc2ccc3c(c2)C(=O)CC3)COC1. The lowest BCUT2D eigenvalue weighted by Gasteiger charge is -2.37. The van der Waals surface area contributed by atoms with E-state index in [1.54, 1.807) is 0 Å². The van der Waals surface area contributed by atoms with E-state index in [0.29, 0.717) is 13.0 Å². The van der Waals surface area contributed by atoms with Crippen molar-refractivity contribution in [1.82, 2.24) is 0 Å². The third kappa shape index (κ3) is 1.95. The molecule has 0 aromatic heterocycles. The zero-order valence-corrected chi connectivity index (χ0v) is 9.99. The van der Waals surface area contributed by atoms with Crippen LogP contribution in [0.1, 0.15) is 29.3 Å². The summed E-state index contributed by atoms with van der Waals surface area (Å²) < 4.78 is 10.9. The molecular formula is C14H16O3. The third-order valence-corrected chi connectivity index (χ3v) is 3.49. The molecule has 0 amide bonds. The normalized spacial score (nSPS) is 20.9. The summed E-state index contributed by atoms with van der Waals surface area (Å²) in [7, 11) is 0. The van der Waals surface area contributed by atoms with Crippen LogP contribution in [0.5, 0.6) is 5.75 Å². The minimum absolute atomic E-state index is 0.142. The summed E-state index contributed by atoms with van der Waals surface area (Å²) in [5, 5.41) is 0. The monoisotopic (exact) mass is 232 g/mol. The van der Waals surface area contributed by atoms with E-state index in [1.165, 1.54) is 0 Å². The highest BCUT2D eigenvalue weighted by Gasteiger charge is 2.34. The standard InChI is InChI=1S/C14H16O3/c1-14(7-16-8-14)9-17-11-4-2-10-3-5-13(15)12(10)6-11/h2,4,6H,3,5,7-9H2,1H3. The second-order valence-corrected chi connectivity index (χ2v) is 5.33. The van der Waals surface area contributed by atoms with Gasteiger partial charge in [-0.25, -0.2) is 0 Å². The van der Waals surface area contributed by atoms with Crippen LogP contribution in [0.25, 0.3) is 0 Å². The molecule has 17 heavy (non-hydrogen) atoms. The fourth-order valence-corrected chi connectivity index (χ4v) is 2.30. The largest absolute Gasteiger partial charge is 0.493 e. The number of carbonyl (C=O) groups excluding carboxylic acids is 1. The number of benzene rings is 1. The van der Waals surface area contributed by atoms with Crippen LogP contribution < -0.4 is 4.74 Å². The van der Waals surface area contributed by atoms with Gasteiger partial charge in [-0.3, -0.25) is 4.79 Å². The van der Waals surface area contributed by atoms with Gasteiger partial charge in [0.25, 0.3) is 0 Å². The van der Waals surface area contributed by atoms with Crippen LogP contribution in [0.4, 0.5) is 0 Å². The first-order valence-corrected chi connectivity index (χ1v) is 6.03. The molecule has 0 saturated carbocycles. The van der Waals surface area contributed by atoms with Crippen molar-refractivity contribution in [2.45, 2.75) is 19.8 Å². The van der Waals surface area contributed by atoms with E-state index >= 15 is 0 Å². The topological polar surface area (TPSA) is 35.5 Å². The van der Waals surface area contributed by atoms with E-state index in [4.69, 9.17) is 9.47 Å². The lowest BCUT2D eigenvalue weighted by atomic mass is 9.90. The summed E-state index contributed by atoms with van der Waals surface area (Å²) in [4.78, 5) is 11.6. The van der Waals surface area contributed by atoms with Crippen molar-refractivity contribution in [3.8, 4) is 5.75 Å². The number of ether oxygens (including phenoxy) is 2. The fraction of sp³-hybridized carbons (Fsp3) is 0.500. The second-order valence-electron chi connectivity index (χ2n) is 5.33. The highest BCUT2D eigenvalue weighted by molar-refractivity contribution is 6.00. The molecule has 3 rings (SSSR count). The van der Waals surface area contributed by atoms with Gasteiger partial charge in [0.05, 0.1) is 19.8 Å². The molecular weight excluding hydrogens is 216 g/mol. The van der Waals surface area contributed by atoms with E-state index in [2.05, 4.69) is 6.92 Å². The third-order valence-electron chi connectivity index (χ3n) is 3.49. The van der Waals surface area contributed by atoms with E-state index in [1.807, 2.05) is 18.2 Å². The first kappa shape index (κ1) is 10.8. The van der Waals surface area contributed by atoms with Crippen molar-refractivity contribution in [3.63, 3.8) is 0 Å². The van der Waals surface area contributed by atoms with Crippen LogP contribution in [0, 0.1) is 5.41 Å². The van der Waals surface area contributed by atoms with E-state index in [-0.39, 0.29) is 11.2 Å². The highest BCUT2D eigenvalue weighted by atomic mass is 16.5. The number of carbonyl (C=O) groups is 1. The van der Waals surface area contributed by atoms with Crippen LogP contribution in [-0.4, -0.2) is 25.6 Å². The predicted octanol–water partition coefficient (Wildman–Crippen LogP) is 2.23. The molecule has 1 fully saturated rings. The van der Waals surface area contributed by atoms with Gasteiger partial charge in [-0.15, -0.1) is 0 Å². The average Bonchev–Trinajstić information content (AvgIpc) is 2.66. The Kier molecular flexibility index (Phi) is 2.44. The van der Waals surface area contributed by atoms with Crippen molar-refractivity contribution < 1.29 is 14.3 Å². The second kappa shape index (κ2) is 3.84. The molecule has 1 aromatic rings. The number of hydrogen-bond donors (Lipinski definition) is 0. The number of rotatable bonds is 3. The summed E-state index contributed by atoms with van der Waals surface area (Å²) in [5.41, 5.74) is 2.14. The van der Waals surface area contributed by atoms with E-state index < -0.39 is 0 Å². The fourth-order valence-electron chi connectivity index (χ4n) is 2.30. The maximum absolute atomic E-state index is 11.6. The number of aryl methyl sites for hydroxylation is 1. The maximum atomic E-state index is 11.6. The molecule has 90 valence electrons. The van der Waals surface area contributed by atoms with E-state index in [0.717, 1.165) is 36.5 Å². The number of Topliss-reactive ketones (excluding diaryl/α,β-unsaturated/α-hetero) is 1. The summed E-state index contributed by atoms with van der Waals surface area (Å²) in [6.07, 6.45) is 1.52. The zero-order valence-electron chi connectivity index (χ0n) is 9.99. The van der Waals surface area contributed by atoms with Gasteiger partial charge in [0.15, 0.2) is 5.78 Å². The van der Waals surface area contributed by atoms with Crippen molar-refractivity contribution in [2.75, 3.05) is 19.8 Å². The van der Waals surface area contributed by atoms with Crippen LogP contribution in [0.3, 0.4) is 0 Å². The Morgan fingerprint density at radius 1 is 1.35 bits per heavy atom. The Morgan fingerprint density at radius 2 is 2.18 bits per heavy atom. The Hall–Kier alpha value is -1.35. The van der Waals surface area contributed by atoms with Crippen LogP contribution in [0.2, 0.25) is 0 Å². The van der Waals surface area contributed by atoms with Crippen molar-refractivity contribution >= 4 is 5.78 Å². The Balaban J connectivity index is 1.72. The van der Waals surface area contributed by atoms with Crippen LogP contribution in [-0.2, 0) is 11.2 Å².